The van der Waals surface area contributed by atoms with E-state index >= 15 is 0 Å². The number of benzene rings is 1. The topological polar surface area (TPSA) is 85.4 Å². The highest BCUT2D eigenvalue weighted by Crippen LogP contribution is 2.27. The zero-order valence-corrected chi connectivity index (χ0v) is 7.21. The van der Waals surface area contributed by atoms with Crippen molar-refractivity contribution < 1.29 is 5.21 Å². The molecule has 1 heterocycles. The van der Waals surface area contributed by atoms with Crippen LogP contribution in [0.4, 0.5) is 11.5 Å². The van der Waals surface area contributed by atoms with Crippen LogP contribution in [-0.2, 0) is 0 Å². The smallest absolute Gasteiger partial charge is 0.131 e. The fourth-order valence-electron chi connectivity index (χ4n) is 1.38. The van der Waals surface area contributed by atoms with Gasteiger partial charge in [-0.25, -0.2) is 4.98 Å². The average molecular weight is 190 g/mol. The summed E-state index contributed by atoms with van der Waals surface area (Å²) < 4.78 is 0. The van der Waals surface area contributed by atoms with E-state index in [0.29, 0.717) is 16.6 Å². The van der Waals surface area contributed by atoms with Crippen molar-refractivity contribution in [3.8, 4) is 0 Å². The monoisotopic (exact) mass is 190 g/mol. The number of hydrogen-bond acceptors (Lipinski definition) is 5. The number of nitrogens with two attached hydrogens (primary N) is 1. The maximum absolute atomic E-state index is 10.8. The fraction of sp³-hybridized carbons (Fsp3) is 0. The van der Waals surface area contributed by atoms with Gasteiger partial charge in [0, 0.05) is 17.0 Å². The second kappa shape index (κ2) is 3.13. The van der Waals surface area contributed by atoms with Gasteiger partial charge in [0.2, 0.25) is 0 Å². The first kappa shape index (κ1) is 8.74. The quantitative estimate of drug-likeness (QED) is 0.665. The molecule has 0 atom stereocenters. The van der Waals surface area contributed by atoms with Gasteiger partial charge < -0.3 is 16.2 Å². The number of nitrogens with zero attached hydrogens (tertiary/aromatic N) is 2. The summed E-state index contributed by atoms with van der Waals surface area (Å²) in [5, 5.41) is 20.7. The van der Waals surface area contributed by atoms with Crippen molar-refractivity contribution >= 4 is 22.3 Å². The van der Waals surface area contributed by atoms with Crippen LogP contribution >= 0.6 is 0 Å². The summed E-state index contributed by atoms with van der Waals surface area (Å²) in [5.41, 5.74) is 5.78. The molecule has 5 nitrogen and oxygen atoms in total. The Kier molecular flexibility index (Phi) is 1.95. The molecule has 0 bridgehead atoms. The molecule has 1 aromatic heterocycles. The van der Waals surface area contributed by atoms with Crippen LogP contribution in [0.3, 0.4) is 0 Å². The third kappa shape index (κ3) is 1.24. The highest BCUT2D eigenvalue weighted by atomic mass is 16.8. The summed E-state index contributed by atoms with van der Waals surface area (Å²) in [6, 6.07) is 6.51. The minimum absolute atomic E-state index is 0.164. The number of nitrogen functional groups attached to an aromatic ring is 1. The van der Waals surface area contributed by atoms with Crippen LogP contribution in [0.25, 0.3) is 10.8 Å². The Hall–Kier alpha value is -1.85. The fourth-order valence-corrected chi connectivity index (χ4v) is 1.38. The van der Waals surface area contributed by atoms with E-state index in [1.54, 1.807) is 18.2 Å². The lowest BCUT2D eigenvalue weighted by Gasteiger charge is -2.23. The molecule has 5 heteroatoms. The molecule has 0 aliphatic heterocycles. The molecule has 0 saturated heterocycles. The molecule has 3 N–H and O–H groups in total. The number of anilines is 2. The lowest BCUT2D eigenvalue weighted by molar-refractivity contribution is 0.297. The van der Waals surface area contributed by atoms with E-state index in [4.69, 9.17) is 10.9 Å². The molecular formula is C9H8N3O2-. The van der Waals surface area contributed by atoms with Gasteiger partial charge in [-0.05, 0) is 12.1 Å². The minimum atomic E-state index is -0.179. The maximum atomic E-state index is 10.8. The molecule has 2 rings (SSSR count). The van der Waals surface area contributed by atoms with E-state index in [2.05, 4.69) is 4.98 Å². The number of fused-ring (bicyclic) bond motifs is 1. The van der Waals surface area contributed by atoms with Gasteiger partial charge in [-0.1, -0.05) is 12.1 Å². The Morgan fingerprint density at radius 2 is 2.07 bits per heavy atom. The SMILES string of the molecule is Nc1nccc2c(N([O-])O)cccc12. The third-order valence-electron chi connectivity index (χ3n) is 2.02. The van der Waals surface area contributed by atoms with E-state index in [9.17, 15) is 5.21 Å². The Labute approximate surface area is 79.9 Å². The number of rotatable bonds is 1. The van der Waals surface area contributed by atoms with Crippen LogP contribution in [0, 0.1) is 5.21 Å². The van der Waals surface area contributed by atoms with Gasteiger partial charge in [-0.2, -0.15) is 0 Å². The lowest BCUT2D eigenvalue weighted by atomic mass is 10.1. The Bertz CT molecular complexity index is 471. The van der Waals surface area contributed by atoms with Gasteiger partial charge in [0.25, 0.3) is 0 Å². The first-order valence-electron chi connectivity index (χ1n) is 3.99. The second-order valence-corrected chi connectivity index (χ2v) is 2.84. The van der Waals surface area contributed by atoms with Crippen molar-refractivity contribution in [1.82, 2.24) is 4.98 Å². The van der Waals surface area contributed by atoms with E-state index in [1.165, 1.54) is 12.3 Å². The second-order valence-electron chi connectivity index (χ2n) is 2.84. The molecule has 0 spiro atoms. The lowest BCUT2D eigenvalue weighted by Crippen LogP contribution is -2.07. The Balaban J connectivity index is 2.81. The van der Waals surface area contributed by atoms with Gasteiger partial charge in [0.05, 0.1) is 5.69 Å². The molecule has 0 aliphatic rings. The average Bonchev–Trinajstić information content (AvgIpc) is 2.17. The summed E-state index contributed by atoms with van der Waals surface area (Å²) in [4.78, 5) is 3.88. The third-order valence-corrected chi connectivity index (χ3v) is 2.02. The standard InChI is InChI=1S/C9H8N3O2/c10-9-7-2-1-3-8(12(13)14)6(7)4-5-11-9/h1-5,13H,(H2,10,11)/q-1. The van der Waals surface area contributed by atoms with Gasteiger partial charge in [0.15, 0.2) is 0 Å². The van der Waals surface area contributed by atoms with Crippen LogP contribution in [-0.4, -0.2) is 10.2 Å². The molecule has 72 valence electrons. The molecule has 1 aromatic carbocycles. The van der Waals surface area contributed by atoms with Gasteiger partial charge >= 0.3 is 0 Å². The summed E-state index contributed by atoms with van der Waals surface area (Å²) in [5.74, 6) is 0.339. The van der Waals surface area contributed by atoms with E-state index in [-0.39, 0.29) is 10.9 Å². The molecule has 0 saturated carbocycles. The van der Waals surface area contributed by atoms with Crippen LogP contribution in [0.5, 0.6) is 0 Å². The predicted octanol–water partition coefficient (Wildman–Crippen LogP) is 1.51. The molecule has 14 heavy (non-hydrogen) atoms. The molecule has 0 radical (unpaired) electrons. The molecule has 0 unspecified atom stereocenters. The number of pyridine rings is 1. The largest absolute Gasteiger partial charge is 0.733 e. The van der Waals surface area contributed by atoms with Crippen molar-refractivity contribution in [3.05, 3.63) is 35.7 Å². The predicted molar refractivity (Wildman–Crippen MR) is 53.8 cm³/mol. The van der Waals surface area contributed by atoms with Crippen molar-refractivity contribution in [2.45, 2.75) is 0 Å². The highest BCUT2D eigenvalue weighted by Gasteiger charge is 2.03. The van der Waals surface area contributed by atoms with Crippen molar-refractivity contribution in [2.75, 3.05) is 11.0 Å². The van der Waals surface area contributed by atoms with Crippen molar-refractivity contribution in [1.29, 1.82) is 0 Å². The zero-order valence-electron chi connectivity index (χ0n) is 7.21. The van der Waals surface area contributed by atoms with Gasteiger partial charge in [-0.3, -0.25) is 5.21 Å². The van der Waals surface area contributed by atoms with Crippen LogP contribution in [0.15, 0.2) is 30.5 Å². The zero-order chi connectivity index (χ0) is 10.1. The number of hydrogen-bond donors (Lipinski definition) is 2. The summed E-state index contributed by atoms with van der Waals surface area (Å²) >= 11 is 0. The van der Waals surface area contributed by atoms with Crippen molar-refractivity contribution in [3.63, 3.8) is 0 Å². The maximum Gasteiger partial charge on any atom is 0.131 e. The molecule has 2 aromatic rings. The van der Waals surface area contributed by atoms with Crippen molar-refractivity contribution in [2.24, 2.45) is 0 Å². The highest BCUT2D eigenvalue weighted by molar-refractivity contribution is 5.99. The number of aromatic nitrogens is 1. The minimum Gasteiger partial charge on any atom is -0.733 e. The first-order chi connectivity index (χ1) is 6.70. The van der Waals surface area contributed by atoms with Crippen LogP contribution in [0.2, 0.25) is 0 Å². The van der Waals surface area contributed by atoms with Crippen LogP contribution in [0.1, 0.15) is 0 Å². The normalized spacial score (nSPS) is 10.4. The summed E-state index contributed by atoms with van der Waals surface area (Å²) in [6.07, 6.45) is 1.49. The van der Waals surface area contributed by atoms with E-state index in [1.807, 2.05) is 0 Å². The van der Waals surface area contributed by atoms with E-state index < -0.39 is 0 Å². The summed E-state index contributed by atoms with van der Waals surface area (Å²) in [7, 11) is 0. The van der Waals surface area contributed by atoms with E-state index in [0.717, 1.165) is 0 Å². The first-order valence-corrected chi connectivity index (χ1v) is 3.99. The van der Waals surface area contributed by atoms with Gasteiger partial charge in [0.1, 0.15) is 5.82 Å². The van der Waals surface area contributed by atoms with Crippen LogP contribution < -0.4 is 11.0 Å². The molecule has 0 amide bonds. The molecule has 0 fully saturated rings. The van der Waals surface area contributed by atoms with Gasteiger partial charge in [-0.15, -0.1) is 0 Å². The summed E-state index contributed by atoms with van der Waals surface area (Å²) in [6.45, 7) is 0. The Morgan fingerprint density at radius 1 is 1.29 bits per heavy atom. The molecule has 0 aliphatic carbocycles. The Morgan fingerprint density at radius 3 is 2.79 bits per heavy atom. The molecular weight excluding hydrogens is 182 g/mol.